The van der Waals surface area contributed by atoms with Crippen molar-refractivity contribution in [1.29, 1.82) is 0 Å². The van der Waals surface area contributed by atoms with Crippen LogP contribution >= 0.6 is 11.8 Å². The Balaban J connectivity index is 1.89. The molecule has 0 radical (unpaired) electrons. The highest BCUT2D eigenvalue weighted by atomic mass is 32.2. The zero-order chi connectivity index (χ0) is 14.8. The maximum Gasteiger partial charge on any atom is 0.271 e. The van der Waals surface area contributed by atoms with Crippen LogP contribution < -0.4 is 0 Å². The van der Waals surface area contributed by atoms with Gasteiger partial charge in [-0.3, -0.25) is 10.1 Å². The molecule has 0 aliphatic heterocycles. The van der Waals surface area contributed by atoms with Crippen LogP contribution in [0.5, 0.6) is 0 Å². The summed E-state index contributed by atoms with van der Waals surface area (Å²) in [5.41, 5.74) is 2.85. The molecule has 2 aromatic carbocycles. The van der Waals surface area contributed by atoms with Gasteiger partial charge in [-0.05, 0) is 11.6 Å². The van der Waals surface area contributed by atoms with E-state index in [-0.39, 0.29) is 5.69 Å². The molecule has 106 valence electrons. The van der Waals surface area contributed by atoms with E-state index >= 15 is 0 Å². The van der Waals surface area contributed by atoms with E-state index in [0.717, 1.165) is 16.4 Å². The number of nitro groups is 1. The maximum atomic E-state index is 10.8. The highest BCUT2D eigenvalue weighted by molar-refractivity contribution is 7.98. The molecular weight excluding hydrogens is 286 g/mol. The highest BCUT2D eigenvalue weighted by Crippen LogP contribution is 2.27. The molecule has 21 heavy (non-hydrogen) atoms. The van der Waals surface area contributed by atoms with Gasteiger partial charge in [0, 0.05) is 24.9 Å². The van der Waals surface area contributed by atoms with Gasteiger partial charge >= 0.3 is 0 Å². The van der Waals surface area contributed by atoms with Gasteiger partial charge in [0.2, 0.25) is 0 Å². The fourth-order valence-corrected chi connectivity index (χ4v) is 3.07. The van der Waals surface area contributed by atoms with E-state index in [4.69, 9.17) is 0 Å². The van der Waals surface area contributed by atoms with Crippen molar-refractivity contribution in [2.24, 2.45) is 7.05 Å². The second-order valence-electron chi connectivity index (χ2n) is 4.66. The normalized spacial score (nSPS) is 10.9. The topological polar surface area (TPSA) is 61.0 Å². The van der Waals surface area contributed by atoms with Crippen molar-refractivity contribution in [3.63, 3.8) is 0 Å². The number of aromatic nitrogens is 2. The number of nitro benzene ring substituents is 1. The minimum absolute atomic E-state index is 0.0696. The van der Waals surface area contributed by atoms with Crippen LogP contribution in [-0.4, -0.2) is 14.5 Å². The Morgan fingerprint density at radius 1 is 1.24 bits per heavy atom. The summed E-state index contributed by atoms with van der Waals surface area (Å²) < 4.78 is 1.96. The summed E-state index contributed by atoms with van der Waals surface area (Å²) in [6.07, 6.45) is 0. The fraction of sp³-hybridized carbons (Fsp3) is 0.133. The molecular formula is C15H13N3O2S. The Labute approximate surface area is 125 Å². The SMILES string of the molecule is Cn1c(SCc2ccccc2)nc2cc([N+](=O)[O-])ccc21. The average molecular weight is 299 g/mol. The first-order chi connectivity index (χ1) is 10.1. The van der Waals surface area contributed by atoms with Crippen molar-refractivity contribution >= 4 is 28.5 Å². The van der Waals surface area contributed by atoms with Crippen molar-refractivity contribution in [2.45, 2.75) is 10.9 Å². The Bertz CT molecular complexity index is 799. The van der Waals surface area contributed by atoms with Gasteiger partial charge in [0.1, 0.15) is 0 Å². The predicted octanol–water partition coefficient (Wildman–Crippen LogP) is 3.77. The first-order valence-corrected chi connectivity index (χ1v) is 7.41. The van der Waals surface area contributed by atoms with Crippen LogP contribution in [0.25, 0.3) is 11.0 Å². The summed E-state index contributed by atoms with van der Waals surface area (Å²) >= 11 is 1.62. The number of rotatable bonds is 4. The number of imidazole rings is 1. The van der Waals surface area contributed by atoms with E-state index in [9.17, 15) is 10.1 Å². The number of aryl methyl sites for hydroxylation is 1. The lowest BCUT2D eigenvalue weighted by atomic mass is 10.2. The maximum absolute atomic E-state index is 10.8. The van der Waals surface area contributed by atoms with Crippen LogP contribution in [0.15, 0.2) is 53.7 Å². The van der Waals surface area contributed by atoms with Crippen LogP contribution in [0.1, 0.15) is 5.56 Å². The molecule has 1 aromatic heterocycles. The second kappa shape index (κ2) is 5.57. The zero-order valence-electron chi connectivity index (χ0n) is 11.4. The van der Waals surface area contributed by atoms with E-state index < -0.39 is 4.92 Å². The molecule has 0 atom stereocenters. The molecule has 1 heterocycles. The fourth-order valence-electron chi connectivity index (χ4n) is 2.13. The molecule has 6 heteroatoms. The molecule has 0 N–H and O–H groups in total. The molecule has 0 fully saturated rings. The molecule has 0 aliphatic rings. The molecule has 0 saturated carbocycles. The summed E-state index contributed by atoms with van der Waals surface area (Å²) in [6.45, 7) is 0. The summed E-state index contributed by atoms with van der Waals surface area (Å²) in [5.74, 6) is 0.820. The van der Waals surface area contributed by atoms with Crippen LogP contribution in [0.4, 0.5) is 5.69 Å². The van der Waals surface area contributed by atoms with E-state index in [2.05, 4.69) is 17.1 Å². The van der Waals surface area contributed by atoms with E-state index in [1.54, 1.807) is 17.8 Å². The third kappa shape index (κ3) is 2.75. The van der Waals surface area contributed by atoms with E-state index in [1.165, 1.54) is 17.7 Å². The van der Waals surface area contributed by atoms with Gasteiger partial charge in [-0.2, -0.15) is 0 Å². The van der Waals surface area contributed by atoms with Crippen molar-refractivity contribution in [3.8, 4) is 0 Å². The smallest absolute Gasteiger partial charge is 0.271 e. The van der Waals surface area contributed by atoms with Gasteiger partial charge < -0.3 is 4.57 Å². The Kier molecular flexibility index (Phi) is 3.62. The van der Waals surface area contributed by atoms with Crippen LogP contribution in [0.2, 0.25) is 0 Å². The van der Waals surface area contributed by atoms with Gasteiger partial charge in [0.15, 0.2) is 5.16 Å². The van der Waals surface area contributed by atoms with Gasteiger partial charge in [0.25, 0.3) is 5.69 Å². The summed E-state index contributed by atoms with van der Waals surface area (Å²) in [6, 6.07) is 14.9. The standard InChI is InChI=1S/C15H13N3O2S/c1-17-14-8-7-12(18(19)20)9-13(14)16-15(17)21-10-11-5-3-2-4-6-11/h2-9H,10H2,1H3. The van der Waals surface area contributed by atoms with Gasteiger partial charge in [0.05, 0.1) is 16.0 Å². The minimum Gasteiger partial charge on any atom is -0.322 e. The third-order valence-corrected chi connectivity index (χ3v) is 4.35. The predicted molar refractivity (Wildman–Crippen MR) is 83.4 cm³/mol. The van der Waals surface area contributed by atoms with Gasteiger partial charge in [-0.15, -0.1) is 0 Å². The van der Waals surface area contributed by atoms with Crippen LogP contribution in [0, 0.1) is 10.1 Å². The molecule has 0 amide bonds. The van der Waals surface area contributed by atoms with Crippen LogP contribution in [0.3, 0.4) is 0 Å². The first kappa shape index (κ1) is 13.6. The minimum atomic E-state index is -0.398. The van der Waals surface area contributed by atoms with E-state index in [0.29, 0.717) is 5.52 Å². The second-order valence-corrected chi connectivity index (χ2v) is 5.60. The molecule has 0 saturated heterocycles. The van der Waals surface area contributed by atoms with Gasteiger partial charge in [-0.25, -0.2) is 4.98 Å². The molecule has 5 nitrogen and oxygen atoms in total. The molecule has 0 bridgehead atoms. The Morgan fingerprint density at radius 3 is 2.71 bits per heavy atom. The van der Waals surface area contributed by atoms with Crippen molar-refractivity contribution in [1.82, 2.24) is 9.55 Å². The zero-order valence-corrected chi connectivity index (χ0v) is 12.2. The summed E-state index contributed by atoms with van der Waals surface area (Å²) in [4.78, 5) is 14.9. The van der Waals surface area contributed by atoms with Crippen LogP contribution in [-0.2, 0) is 12.8 Å². The number of hydrogen-bond acceptors (Lipinski definition) is 4. The average Bonchev–Trinajstić information content (AvgIpc) is 2.82. The highest BCUT2D eigenvalue weighted by Gasteiger charge is 2.12. The molecule has 3 rings (SSSR count). The van der Waals surface area contributed by atoms with Gasteiger partial charge in [-0.1, -0.05) is 42.1 Å². The monoisotopic (exact) mass is 299 g/mol. The molecule has 3 aromatic rings. The number of fused-ring (bicyclic) bond motifs is 1. The lowest BCUT2D eigenvalue weighted by Crippen LogP contribution is -1.91. The molecule has 0 unspecified atom stereocenters. The lowest BCUT2D eigenvalue weighted by Gasteiger charge is -2.02. The van der Waals surface area contributed by atoms with Crippen molar-refractivity contribution in [2.75, 3.05) is 0 Å². The number of thioether (sulfide) groups is 1. The van der Waals surface area contributed by atoms with Crippen molar-refractivity contribution in [3.05, 3.63) is 64.2 Å². The van der Waals surface area contributed by atoms with Crippen molar-refractivity contribution < 1.29 is 4.92 Å². The lowest BCUT2D eigenvalue weighted by molar-refractivity contribution is -0.384. The largest absolute Gasteiger partial charge is 0.322 e. The number of benzene rings is 2. The molecule has 0 spiro atoms. The third-order valence-electron chi connectivity index (χ3n) is 3.24. The number of hydrogen-bond donors (Lipinski definition) is 0. The Morgan fingerprint density at radius 2 is 2.00 bits per heavy atom. The number of nitrogens with zero attached hydrogens (tertiary/aromatic N) is 3. The molecule has 0 aliphatic carbocycles. The Hall–Kier alpha value is -2.34. The number of non-ortho nitro benzene ring substituents is 1. The summed E-state index contributed by atoms with van der Waals surface area (Å²) in [7, 11) is 1.93. The van der Waals surface area contributed by atoms with E-state index in [1.807, 2.05) is 29.8 Å². The first-order valence-electron chi connectivity index (χ1n) is 6.43. The quantitative estimate of drug-likeness (QED) is 0.418. The summed E-state index contributed by atoms with van der Waals surface area (Å²) in [5, 5.41) is 11.7.